The van der Waals surface area contributed by atoms with Gasteiger partial charge in [0.05, 0.1) is 17.0 Å². The highest BCUT2D eigenvalue weighted by molar-refractivity contribution is 7.92. The maximum atomic E-state index is 12.2. The molecule has 0 fully saturated rings. The number of amides is 1. The fourth-order valence-corrected chi connectivity index (χ4v) is 4.69. The maximum absolute atomic E-state index is 12.2. The Bertz CT molecular complexity index is 674. The summed E-state index contributed by atoms with van der Waals surface area (Å²) < 4.78 is 26.9. The van der Waals surface area contributed by atoms with Crippen molar-refractivity contribution in [1.29, 1.82) is 0 Å². The van der Waals surface area contributed by atoms with Crippen LogP contribution in [0.15, 0.2) is 24.3 Å². The summed E-state index contributed by atoms with van der Waals surface area (Å²) in [5.74, 6) is -0.571. The summed E-state index contributed by atoms with van der Waals surface area (Å²) in [6, 6.07) is 6.41. The van der Waals surface area contributed by atoms with Crippen LogP contribution in [-0.2, 0) is 10.0 Å². The molecule has 6 heteroatoms. The van der Waals surface area contributed by atoms with Crippen molar-refractivity contribution in [2.75, 3.05) is 10.5 Å². The van der Waals surface area contributed by atoms with E-state index in [4.69, 9.17) is 5.73 Å². The van der Waals surface area contributed by atoms with E-state index in [9.17, 15) is 13.2 Å². The molecule has 0 saturated carbocycles. The predicted molar refractivity (Wildman–Crippen MR) is 123 cm³/mol. The van der Waals surface area contributed by atoms with Gasteiger partial charge in [0.2, 0.25) is 10.0 Å². The first kappa shape index (κ1) is 25.5. The fourth-order valence-electron chi connectivity index (χ4n) is 3.49. The number of sulfonamides is 1. The van der Waals surface area contributed by atoms with E-state index in [1.54, 1.807) is 18.2 Å². The molecule has 0 aromatic heterocycles. The summed E-state index contributed by atoms with van der Waals surface area (Å²) >= 11 is 0. The van der Waals surface area contributed by atoms with Gasteiger partial charge in [0, 0.05) is 0 Å². The molecule has 0 aliphatic heterocycles. The summed E-state index contributed by atoms with van der Waals surface area (Å²) in [5.41, 5.74) is 5.74. The van der Waals surface area contributed by atoms with Crippen molar-refractivity contribution in [2.24, 2.45) is 5.73 Å². The number of anilines is 1. The number of primary amides is 1. The van der Waals surface area contributed by atoms with Crippen molar-refractivity contribution in [2.45, 2.75) is 96.8 Å². The number of rotatable bonds is 18. The van der Waals surface area contributed by atoms with Gasteiger partial charge >= 0.3 is 0 Å². The number of benzene rings is 1. The van der Waals surface area contributed by atoms with Crippen molar-refractivity contribution < 1.29 is 13.2 Å². The van der Waals surface area contributed by atoms with Gasteiger partial charge in [0.15, 0.2) is 0 Å². The summed E-state index contributed by atoms with van der Waals surface area (Å²) in [6.45, 7) is 2.25. The van der Waals surface area contributed by atoms with Crippen LogP contribution in [-0.4, -0.2) is 20.1 Å². The zero-order valence-electron chi connectivity index (χ0n) is 18.1. The van der Waals surface area contributed by atoms with Gasteiger partial charge in [0.1, 0.15) is 0 Å². The molecular weight excluding hydrogens is 384 g/mol. The average molecular weight is 425 g/mol. The zero-order chi connectivity index (χ0) is 21.4. The lowest BCUT2D eigenvalue weighted by Gasteiger charge is -2.10. The first-order valence-corrected chi connectivity index (χ1v) is 13.0. The van der Waals surface area contributed by atoms with Gasteiger partial charge in [-0.2, -0.15) is 0 Å². The van der Waals surface area contributed by atoms with Crippen LogP contribution in [0.3, 0.4) is 0 Å². The second-order valence-corrected chi connectivity index (χ2v) is 9.77. The summed E-state index contributed by atoms with van der Waals surface area (Å²) in [7, 11) is -3.46. The van der Waals surface area contributed by atoms with E-state index >= 15 is 0 Å². The van der Waals surface area contributed by atoms with E-state index in [0.29, 0.717) is 6.42 Å². The minimum atomic E-state index is -3.46. The standard InChI is InChI=1S/C23H40N2O3S/c1-2-3-4-5-6-7-8-9-10-11-12-13-14-17-20-29(27,28)25-22-19-16-15-18-21(22)23(24)26/h15-16,18-19,25H,2-14,17,20H2,1H3,(H2,24,26). The lowest BCUT2D eigenvalue weighted by Crippen LogP contribution is -2.20. The van der Waals surface area contributed by atoms with E-state index in [-0.39, 0.29) is 17.0 Å². The van der Waals surface area contributed by atoms with E-state index in [0.717, 1.165) is 12.8 Å². The topological polar surface area (TPSA) is 89.3 Å². The normalized spacial score (nSPS) is 11.5. The van der Waals surface area contributed by atoms with Crippen LogP contribution in [0.1, 0.15) is 107 Å². The summed E-state index contributed by atoms with van der Waals surface area (Å²) in [4.78, 5) is 11.4. The molecule has 5 nitrogen and oxygen atoms in total. The lowest BCUT2D eigenvalue weighted by molar-refractivity contribution is 0.100. The number of unbranched alkanes of at least 4 members (excludes halogenated alkanes) is 13. The summed E-state index contributed by atoms with van der Waals surface area (Å²) in [6.07, 6.45) is 17.2. The Morgan fingerprint density at radius 1 is 0.793 bits per heavy atom. The monoisotopic (exact) mass is 424 g/mol. The molecule has 1 rings (SSSR count). The molecule has 29 heavy (non-hydrogen) atoms. The number of hydrogen-bond acceptors (Lipinski definition) is 3. The Morgan fingerprint density at radius 2 is 1.24 bits per heavy atom. The van der Waals surface area contributed by atoms with E-state index in [1.807, 2.05) is 0 Å². The molecule has 0 radical (unpaired) electrons. The Labute approximate surface area is 177 Å². The van der Waals surface area contributed by atoms with E-state index in [2.05, 4.69) is 11.6 Å². The lowest BCUT2D eigenvalue weighted by atomic mass is 10.0. The van der Waals surface area contributed by atoms with Crippen LogP contribution in [0.2, 0.25) is 0 Å². The fraction of sp³-hybridized carbons (Fsp3) is 0.696. The van der Waals surface area contributed by atoms with Crippen molar-refractivity contribution in [1.82, 2.24) is 0 Å². The van der Waals surface area contributed by atoms with E-state index in [1.165, 1.54) is 76.7 Å². The third kappa shape index (κ3) is 12.6. The largest absolute Gasteiger partial charge is 0.366 e. The summed E-state index contributed by atoms with van der Waals surface area (Å²) in [5, 5.41) is 0. The number of carbonyl (C=O) groups is 1. The zero-order valence-corrected chi connectivity index (χ0v) is 18.9. The van der Waals surface area contributed by atoms with E-state index < -0.39 is 15.9 Å². The number of carbonyl (C=O) groups excluding carboxylic acids is 1. The second kappa shape index (κ2) is 15.3. The molecule has 1 amide bonds. The number of hydrogen-bond donors (Lipinski definition) is 2. The highest BCUT2D eigenvalue weighted by atomic mass is 32.2. The van der Waals surface area contributed by atoms with Crippen LogP contribution < -0.4 is 10.5 Å². The molecule has 3 N–H and O–H groups in total. The second-order valence-electron chi connectivity index (χ2n) is 7.93. The van der Waals surface area contributed by atoms with Crippen molar-refractivity contribution in [3.63, 3.8) is 0 Å². The van der Waals surface area contributed by atoms with Crippen molar-refractivity contribution in [3.05, 3.63) is 29.8 Å². The molecule has 0 bridgehead atoms. The molecule has 0 aliphatic carbocycles. The number of nitrogens with two attached hydrogens (primary N) is 1. The predicted octanol–water partition coefficient (Wildman–Crippen LogP) is 6.01. The highest BCUT2D eigenvalue weighted by Crippen LogP contribution is 2.17. The molecule has 1 aromatic carbocycles. The van der Waals surface area contributed by atoms with Gasteiger partial charge in [-0.05, 0) is 18.6 Å². The third-order valence-electron chi connectivity index (χ3n) is 5.22. The molecule has 0 heterocycles. The Kier molecular flexibility index (Phi) is 13.4. The van der Waals surface area contributed by atoms with Crippen molar-refractivity contribution in [3.8, 4) is 0 Å². The van der Waals surface area contributed by atoms with Gasteiger partial charge in [-0.25, -0.2) is 8.42 Å². The minimum absolute atomic E-state index is 0.0676. The van der Waals surface area contributed by atoms with Crippen LogP contribution in [0.25, 0.3) is 0 Å². The SMILES string of the molecule is CCCCCCCCCCCCCCCCS(=O)(=O)Nc1ccccc1C(N)=O. The molecule has 0 atom stereocenters. The quantitative estimate of drug-likeness (QED) is 0.283. The maximum Gasteiger partial charge on any atom is 0.250 e. The van der Waals surface area contributed by atoms with Gasteiger partial charge in [-0.15, -0.1) is 0 Å². The Balaban J connectivity index is 2.05. The highest BCUT2D eigenvalue weighted by Gasteiger charge is 2.14. The molecule has 0 saturated heterocycles. The number of nitrogens with one attached hydrogen (secondary N) is 1. The Hall–Kier alpha value is -1.56. The third-order valence-corrected chi connectivity index (χ3v) is 6.58. The van der Waals surface area contributed by atoms with Crippen LogP contribution in [0.5, 0.6) is 0 Å². The molecule has 1 aromatic rings. The molecule has 166 valence electrons. The number of para-hydroxylation sites is 1. The van der Waals surface area contributed by atoms with Crippen LogP contribution >= 0.6 is 0 Å². The van der Waals surface area contributed by atoms with Gasteiger partial charge in [-0.1, -0.05) is 103 Å². The first-order valence-electron chi connectivity index (χ1n) is 11.4. The molecule has 0 unspecified atom stereocenters. The van der Waals surface area contributed by atoms with Crippen LogP contribution in [0, 0.1) is 0 Å². The average Bonchev–Trinajstić information content (AvgIpc) is 2.68. The molecule has 0 aliphatic rings. The van der Waals surface area contributed by atoms with Crippen LogP contribution in [0.4, 0.5) is 5.69 Å². The first-order chi connectivity index (χ1) is 14.0. The van der Waals surface area contributed by atoms with Gasteiger partial charge in [0.25, 0.3) is 5.91 Å². The molecule has 0 spiro atoms. The van der Waals surface area contributed by atoms with Gasteiger partial charge < -0.3 is 5.73 Å². The molecular formula is C23H40N2O3S. The van der Waals surface area contributed by atoms with Crippen molar-refractivity contribution >= 4 is 21.6 Å². The van der Waals surface area contributed by atoms with Gasteiger partial charge in [-0.3, -0.25) is 9.52 Å². The Morgan fingerprint density at radius 3 is 1.72 bits per heavy atom. The smallest absolute Gasteiger partial charge is 0.250 e. The minimum Gasteiger partial charge on any atom is -0.366 e.